The van der Waals surface area contributed by atoms with Gasteiger partial charge in [-0.2, -0.15) is 0 Å². The van der Waals surface area contributed by atoms with Crippen LogP contribution in [0.4, 0.5) is 10.1 Å². The van der Waals surface area contributed by atoms with E-state index in [9.17, 15) is 12.8 Å². The minimum atomic E-state index is -3.57. The van der Waals surface area contributed by atoms with Crippen molar-refractivity contribution in [3.8, 4) is 0 Å². The molecule has 2 aromatic rings. The Morgan fingerprint density at radius 2 is 1.74 bits per heavy atom. The van der Waals surface area contributed by atoms with E-state index in [4.69, 9.17) is 18.0 Å². The maximum atomic E-state index is 14.6. The van der Waals surface area contributed by atoms with Gasteiger partial charge in [-0.15, -0.1) is 0 Å². The monoisotopic (exact) mass is 465 g/mol. The van der Waals surface area contributed by atoms with Crippen LogP contribution in [-0.4, -0.2) is 24.7 Å². The molecule has 1 unspecified atom stereocenters. The number of nitrogens with one attached hydrogen (secondary N) is 1. The zero-order valence-electron chi connectivity index (χ0n) is 18.9. The summed E-state index contributed by atoms with van der Waals surface area (Å²) >= 11 is 5.35. The van der Waals surface area contributed by atoms with Gasteiger partial charge >= 0.3 is 0 Å². The van der Waals surface area contributed by atoms with E-state index in [1.54, 1.807) is 6.07 Å². The first kappa shape index (κ1) is 25.1. The van der Waals surface area contributed by atoms with Crippen LogP contribution < -0.4 is 10.5 Å². The van der Waals surface area contributed by atoms with E-state index in [2.05, 4.69) is 49.8 Å². The van der Waals surface area contributed by atoms with Gasteiger partial charge < -0.3 is 10.6 Å². The quantitative estimate of drug-likeness (QED) is 0.567. The second kappa shape index (κ2) is 9.53. The third-order valence-corrected chi connectivity index (χ3v) is 5.88. The zero-order chi connectivity index (χ0) is 23.6. The largest absolute Gasteiger partial charge is 0.376 e. The summed E-state index contributed by atoms with van der Waals surface area (Å²) in [6.45, 7) is 11.0. The fourth-order valence-electron chi connectivity index (χ4n) is 3.54. The van der Waals surface area contributed by atoms with E-state index in [0.717, 1.165) is 11.8 Å². The summed E-state index contributed by atoms with van der Waals surface area (Å²) in [5.41, 5.74) is 9.00. The average molecular weight is 466 g/mol. The van der Waals surface area contributed by atoms with E-state index in [-0.39, 0.29) is 28.2 Å². The smallest absolute Gasteiger partial charge is 0.229 e. The number of thiocarbonyl (C=S) groups is 1. The van der Waals surface area contributed by atoms with E-state index < -0.39 is 15.8 Å². The number of hydrogen-bond acceptors (Lipinski definition) is 3. The Labute approximate surface area is 190 Å². The number of sulfonamides is 1. The normalized spacial score (nSPS) is 13.2. The van der Waals surface area contributed by atoms with Crippen LogP contribution >= 0.6 is 12.2 Å². The van der Waals surface area contributed by atoms with Crippen molar-refractivity contribution in [2.24, 2.45) is 11.7 Å². The molecule has 0 amide bonds. The molecule has 0 spiro atoms. The summed E-state index contributed by atoms with van der Waals surface area (Å²) < 4.78 is 39.7. The third-order valence-electron chi connectivity index (χ3n) is 5.05. The fraction of sp³-hybridized carbons (Fsp3) is 0.435. The molecule has 170 valence electrons. The summed E-state index contributed by atoms with van der Waals surface area (Å²) in [4.78, 5) is 1.88. The first-order valence-corrected chi connectivity index (χ1v) is 12.4. The van der Waals surface area contributed by atoms with Crippen molar-refractivity contribution >= 4 is 33.0 Å². The highest BCUT2D eigenvalue weighted by molar-refractivity contribution is 7.92. The molecular weight excluding hydrogens is 433 g/mol. The molecule has 0 fully saturated rings. The maximum absolute atomic E-state index is 14.6. The summed E-state index contributed by atoms with van der Waals surface area (Å²) in [5, 5.41) is 0.220. The molecule has 0 aromatic heterocycles. The number of halogens is 1. The predicted octanol–water partition coefficient (Wildman–Crippen LogP) is 4.94. The van der Waals surface area contributed by atoms with Gasteiger partial charge in [0.2, 0.25) is 10.0 Å². The molecule has 5 nitrogen and oxygen atoms in total. The highest BCUT2D eigenvalue weighted by atomic mass is 32.2. The first-order valence-electron chi connectivity index (χ1n) is 10.1. The number of anilines is 1. The SMILES string of the molecule is CC(C)C(c1ccc(NS(C)(=O)=O)c(F)c1)N(Cc1ccc(C(C)(C)C)cc1)C(N)=S. The molecule has 2 aromatic carbocycles. The highest BCUT2D eigenvalue weighted by Gasteiger charge is 2.26. The van der Waals surface area contributed by atoms with E-state index in [1.165, 1.54) is 17.7 Å². The summed E-state index contributed by atoms with van der Waals surface area (Å²) in [5.74, 6) is -0.575. The van der Waals surface area contributed by atoms with E-state index in [0.29, 0.717) is 12.1 Å². The molecule has 0 heterocycles. The van der Waals surface area contributed by atoms with Crippen molar-refractivity contribution in [2.45, 2.75) is 52.6 Å². The lowest BCUT2D eigenvalue weighted by Gasteiger charge is -2.36. The third kappa shape index (κ3) is 6.90. The molecule has 0 aliphatic heterocycles. The topological polar surface area (TPSA) is 75.4 Å². The van der Waals surface area contributed by atoms with Gasteiger partial charge in [0.15, 0.2) is 5.11 Å². The van der Waals surface area contributed by atoms with Gasteiger partial charge in [0.1, 0.15) is 5.82 Å². The molecule has 2 rings (SSSR count). The number of benzene rings is 2. The van der Waals surface area contributed by atoms with Gasteiger partial charge in [-0.1, -0.05) is 65.0 Å². The molecule has 0 radical (unpaired) electrons. The van der Waals surface area contributed by atoms with Crippen LogP contribution in [0.15, 0.2) is 42.5 Å². The van der Waals surface area contributed by atoms with Crippen LogP contribution in [0.25, 0.3) is 0 Å². The zero-order valence-corrected chi connectivity index (χ0v) is 20.6. The minimum Gasteiger partial charge on any atom is -0.376 e. The molecule has 0 aliphatic rings. The number of nitrogens with zero attached hydrogens (tertiary/aromatic N) is 1. The minimum absolute atomic E-state index is 0.0567. The molecule has 31 heavy (non-hydrogen) atoms. The van der Waals surface area contributed by atoms with Crippen molar-refractivity contribution in [1.29, 1.82) is 0 Å². The molecule has 0 saturated carbocycles. The number of hydrogen-bond donors (Lipinski definition) is 2. The number of nitrogens with two attached hydrogens (primary N) is 1. The Morgan fingerprint density at radius 1 is 1.16 bits per heavy atom. The van der Waals surface area contributed by atoms with Gasteiger partial charge in [-0.05, 0) is 52.4 Å². The molecule has 1 atom stereocenters. The van der Waals surface area contributed by atoms with Crippen molar-refractivity contribution in [2.75, 3.05) is 11.0 Å². The Hall–Kier alpha value is -2.19. The second-order valence-corrected chi connectivity index (χ2v) is 11.4. The van der Waals surface area contributed by atoms with Gasteiger partial charge in [-0.25, -0.2) is 12.8 Å². The number of rotatable bonds is 7. The molecule has 3 N–H and O–H groups in total. The first-order chi connectivity index (χ1) is 14.2. The molecule has 0 saturated heterocycles. The van der Waals surface area contributed by atoms with Crippen LogP contribution in [0.2, 0.25) is 0 Å². The van der Waals surface area contributed by atoms with Gasteiger partial charge in [0.05, 0.1) is 18.0 Å². The second-order valence-electron chi connectivity index (χ2n) is 9.22. The predicted molar refractivity (Wildman–Crippen MR) is 130 cm³/mol. The highest BCUT2D eigenvalue weighted by Crippen LogP contribution is 2.32. The van der Waals surface area contributed by atoms with Crippen molar-refractivity contribution in [3.63, 3.8) is 0 Å². The van der Waals surface area contributed by atoms with Crippen LogP contribution in [0.5, 0.6) is 0 Å². The van der Waals surface area contributed by atoms with Crippen LogP contribution in [0.3, 0.4) is 0 Å². The Kier molecular flexibility index (Phi) is 7.70. The lowest BCUT2D eigenvalue weighted by Crippen LogP contribution is -2.40. The standard InChI is InChI=1S/C23H32FN3O2S2/c1-15(2)21(17-9-12-20(19(24)13-17)26-31(6,28)29)27(22(25)30)14-16-7-10-18(11-8-16)23(3,4)5/h7-13,15,21,26H,14H2,1-6H3,(H2,25,30). The van der Waals surface area contributed by atoms with Gasteiger partial charge in [0, 0.05) is 6.54 Å². The van der Waals surface area contributed by atoms with Gasteiger partial charge in [-0.3, -0.25) is 4.72 Å². The summed E-state index contributed by atoms with van der Waals surface area (Å²) in [6.07, 6.45) is 0.983. The van der Waals surface area contributed by atoms with Crippen molar-refractivity contribution in [1.82, 2.24) is 4.90 Å². The molecule has 0 bridgehead atoms. The Morgan fingerprint density at radius 3 is 2.16 bits per heavy atom. The Balaban J connectivity index is 2.38. The van der Waals surface area contributed by atoms with E-state index >= 15 is 0 Å². The lowest BCUT2D eigenvalue weighted by atomic mass is 9.86. The van der Waals surface area contributed by atoms with Crippen molar-refractivity contribution < 1.29 is 12.8 Å². The molecule has 8 heteroatoms. The summed E-state index contributed by atoms with van der Waals surface area (Å²) in [7, 11) is -3.57. The van der Waals surface area contributed by atoms with E-state index in [1.807, 2.05) is 18.7 Å². The van der Waals surface area contributed by atoms with Crippen molar-refractivity contribution in [3.05, 3.63) is 65.0 Å². The van der Waals surface area contributed by atoms with Crippen LogP contribution in [0.1, 0.15) is 57.4 Å². The average Bonchev–Trinajstić information content (AvgIpc) is 2.61. The van der Waals surface area contributed by atoms with Crippen LogP contribution in [0, 0.1) is 11.7 Å². The fourth-order valence-corrected chi connectivity index (χ4v) is 4.29. The molecule has 0 aliphatic carbocycles. The maximum Gasteiger partial charge on any atom is 0.229 e. The van der Waals surface area contributed by atoms with Crippen LogP contribution in [-0.2, 0) is 22.0 Å². The lowest BCUT2D eigenvalue weighted by molar-refractivity contribution is 0.246. The van der Waals surface area contributed by atoms with Gasteiger partial charge in [0.25, 0.3) is 0 Å². The Bertz CT molecular complexity index is 1030. The molecular formula is C23H32FN3O2S2. The summed E-state index contributed by atoms with van der Waals surface area (Å²) in [6, 6.07) is 12.5.